The molecular formula is C30H30ClF3N4O4. The molecule has 2 atom stereocenters. The van der Waals surface area contributed by atoms with Crippen molar-refractivity contribution in [1.29, 1.82) is 0 Å². The van der Waals surface area contributed by atoms with Gasteiger partial charge in [0.15, 0.2) is 6.61 Å². The van der Waals surface area contributed by atoms with Gasteiger partial charge < -0.3 is 20.3 Å². The third-order valence-corrected chi connectivity index (χ3v) is 7.12. The lowest BCUT2D eigenvalue weighted by atomic mass is 10.1. The number of hydrogen-bond donors (Lipinski definition) is 2. The van der Waals surface area contributed by atoms with Crippen molar-refractivity contribution in [3.05, 3.63) is 94.3 Å². The summed E-state index contributed by atoms with van der Waals surface area (Å²) in [4.78, 5) is 41.8. The number of amides is 3. The molecule has 1 aliphatic heterocycles. The molecule has 4 rings (SSSR count). The Labute approximate surface area is 246 Å². The van der Waals surface area contributed by atoms with Gasteiger partial charge in [0.25, 0.3) is 11.8 Å². The number of anilines is 1. The minimum atomic E-state index is -1.05. The van der Waals surface area contributed by atoms with Crippen molar-refractivity contribution >= 4 is 35.0 Å². The molecule has 1 fully saturated rings. The summed E-state index contributed by atoms with van der Waals surface area (Å²) in [7, 11) is 0. The van der Waals surface area contributed by atoms with Gasteiger partial charge in [-0.2, -0.15) is 0 Å². The maximum Gasteiger partial charge on any atom is 0.260 e. The first-order chi connectivity index (χ1) is 20.0. The molecule has 0 aromatic heterocycles. The zero-order valence-corrected chi connectivity index (χ0v) is 23.8. The average Bonchev–Trinajstić information content (AvgIpc) is 2.94. The molecule has 1 heterocycles. The molecule has 3 aromatic rings. The van der Waals surface area contributed by atoms with Crippen LogP contribution in [0, 0.1) is 17.5 Å². The second-order valence-corrected chi connectivity index (χ2v) is 10.5. The van der Waals surface area contributed by atoms with Crippen molar-refractivity contribution in [3.8, 4) is 5.75 Å². The Morgan fingerprint density at radius 2 is 1.64 bits per heavy atom. The number of halogens is 4. The first kappa shape index (κ1) is 30.9. The maximum absolute atomic E-state index is 13.8. The Morgan fingerprint density at radius 3 is 2.36 bits per heavy atom. The van der Waals surface area contributed by atoms with Gasteiger partial charge >= 0.3 is 0 Å². The number of hydrogen-bond acceptors (Lipinski definition) is 5. The van der Waals surface area contributed by atoms with E-state index >= 15 is 0 Å². The molecule has 3 amide bonds. The number of nitrogens with zero attached hydrogens (tertiary/aromatic N) is 2. The van der Waals surface area contributed by atoms with Crippen LogP contribution in [0.3, 0.4) is 0 Å². The number of ether oxygens (including phenoxy) is 1. The van der Waals surface area contributed by atoms with Crippen molar-refractivity contribution in [3.63, 3.8) is 0 Å². The van der Waals surface area contributed by atoms with E-state index in [1.54, 1.807) is 17.0 Å². The lowest BCUT2D eigenvalue weighted by molar-refractivity contribution is -0.139. The second-order valence-electron chi connectivity index (χ2n) is 10.1. The SMILES string of the molecule is C[C@@H]1CN(Cc2ccc(F)cc2)[C@@H](C)CN1C(=O)COc1ccc(Cl)cc1NC(=O)CNC(=O)c1ccc(F)cc1F. The molecular weight excluding hydrogens is 573 g/mol. The molecule has 3 aromatic carbocycles. The van der Waals surface area contributed by atoms with Crippen molar-refractivity contribution in [2.24, 2.45) is 0 Å². The quantitative estimate of drug-likeness (QED) is 0.373. The van der Waals surface area contributed by atoms with Crippen LogP contribution in [0.2, 0.25) is 5.02 Å². The number of benzene rings is 3. The van der Waals surface area contributed by atoms with E-state index in [2.05, 4.69) is 15.5 Å². The highest BCUT2D eigenvalue weighted by Crippen LogP contribution is 2.28. The van der Waals surface area contributed by atoms with E-state index in [0.29, 0.717) is 30.7 Å². The third kappa shape index (κ3) is 8.01. The molecule has 42 heavy (non-hydrogen) atoms. The van der Waals surface area contributed by atoms with Gasteiger partial charge in [-0.05, 0) is 61.9 Å². The highest BCUT2D eigenvalue weighted by Gasteiger charge is 2.32. The predicted molar refractivity (Wildman–Crippen MR) is 152 cm³/mol. The second kappa shape index (κ2) is 13.7. The highest BCUT2D eigenvalue weighted by molar-refractivity contribution is 6.31. The van der Waals surface area contributed by atoms with Gasteiger partial charge in [0, 0.05) is 42.8 Å². The highest BCUT2D eigenvalue weighted by atomic mass is 35.5. The van der Waals surface area contributed by atoms with E-state index in [0.717, 1.165) is 17.7 Å². The van der Waals surface area contributed by atoms with E-state index in [1.807, 2.05) is 13.8 Å². The summed E-state index contributed by atoms with van der Waals surface area (Å²) in [5.41, 5.74) is 0.750. The van der Waals surface area contributed by atoms with Crippen LogP contribution >= 0.6 is 11.6 Å². The van der Waals surface area contributed by atoms with E-state index in [-0.39, 0.29) is 41.9 Å². The summed E-state index contributed by atoms with van der Waals surface area (Å²) in [5.74, 6) is -3.78. The molecule has 0 aliphatic carbocycles. The molecule has 1 aliphatic rings. The number of carbonyl (C=O) groups excluding carboxylic acids is 3. The van der Waals surface area contributed by atoms with Crippen molar-refractivity contribution in [1.82, 2.24) is 15.1 Å². The Kier molecular flexibility index (Phi) is 10.1. The Bertz CT molecular complexity index is 1460. The minimum absolute atomic E-state index is 0.0548. The lowest BCUT2D eigenvalue weighted by Gasteiger charge is -2.44. The number of piperazine rings is 1. The van der Waals surface area contributed by atoms with Gasteiger partial charge in [0.05, 0.1) is 17.8 Å². The van der Waals surface area contributed by atoms with Crippen LogP contribution in [0.25, 0.3) is 0 Å². The molecule has 8 nitrogen and oxygen atoms in total. The lowest BCUT2D eigenvalue weighted by Crippen LogP contribution is -2.58. The van der Waals surface area contributed by atoms with Crippen LogP contribution < -0.4 is 15.4 Å². The fraction of sp³-hybridized carbons (Fsp3) is 0.300. The van der Waals surface area contributed by atoms with Crippen LogP contribution in [0.1, 0.15) is 29.8 Å². The fourth-order valence-corrected chi connectivity index (χ4v) is 4.83. The van der Waals surface area contributed by atoms with E-state index < -0.39 is 35.6 Å². The minimum Gasteiger partial charge on any atom is -0.482 e. The van der Waals surface area contributed by atoms with E-state index in [9.17, 15) is 27.6 Å². The third-order valence-electron chi connectivity index (χ3n) is 6.89. The predicted octanol–water partition coefficient (Wildman–Crippen LogP) is 4.63. The molecule has 0 radical (unpaired) electrons. The zero-order valence-electron chi connectivity index (χ0n) is 23.0. The smallest absolute Gasteiger partial charge is 0.260 e. The molecule has 0 unspecified atom stereocenters. The van der Waals surface area contributed by atoms with Crippen molar-refractivity contribution in [2.45, 2.75) is 32.5 Å². The van der Waals surface area contributed by atoms with Crippen LogP contribution in [-0.2, 0) is 16.1 Å². The van der Waals surface area contributed by atoms with Gasteiger partial charge in [0.2, 0.25) is 5.91 Å². The van der Waals surface area contributed by atoms with Crippen LogP contribution in [0.15, 0.2) is 60.7 Å². The molecule has 0 saturated carbocycles. The standard InChI is InChI=1S/C30H30ClF3N4O4/c1-18-15-38(19(2)14-37(18)16-20-3-6-22(32)7-4-20)29(40)17-42-27-10-5-21(31)11-26(27)36-28(39)13-35-30(41)24-9-8-23(33)12-25(24)34/h3-12,18-19H,13-17H2,1-2H3,(H,35,41)(H,36,39)/t18-,19+/m0/s1. The molecule has 0 bridgehead atoms. The Morgan fingerprint density at radius 1 is 0.929 bits per heavy atom. The summed E-state index contributed by atoms with van der Waals surface area (Å²) in [5, 5.41) is 5.12. The zero-order chi connectivity index (χ0) is 30.4. The van der Waals surface area contributed by atoms with Crippen LogP contribution in [-0.4, -0.2) is 65.8 Å². The average molecular weight is 603 g/mol. The van der Waals surface area contributed by atoms with Crippen LogP contribution in [0.5, 0.6) is 5.75 Å². The van der Waals surface area contributed by atoms with Crippen molar-refractivity contribution in [2.75, 3.05) is 31.6 Å². The van der Waals surface area contributed by atoms with Gasteiger partial charge in [-0.3, -0.25) is 19.3 Å². The van der Waals surface area contributed by atoms with Gasteiger partial charge in [-0.25, -0.2) is 13.2 Å². The van der Waals surface area contributed by atoms with Gasteiger partial charge in [-0.15, -0.1) is 0 Å². The number of carbonyl (C=O) groups is 3. The Balaban J connectivity index is 1.31. The summed E-state index contributed by atoms with van der Waals surface area (Å²) in [6.45, 7) is 4.90. The Hall–Kier alpha value is -4.09. The largest absolute Gasteiger partial charge is 0.482 e. The van der Waals surface area contributed by atoms with Gasteiger partial charge in [-0.1, -0.05) is 23.7 Å². The topological polar surface area (TPSA) is 91.0 Å². The van der Waals surface area contributed by atoms with E-state index in [4.69, 9.17) is 16.3 Å². The summed E-state index contributed by atoms with van der Waals surface area (Å²) in [6, 6.07) is 13.3. The van der Waals surface area contributed by atoms with E-state index in [1.165, 1.54) is 30.3 Å². The van der Waals surface area contributed by atoms with Crippen LogP contribution in [0.4, 0.5) is 18.9 Å². The first-order valence-electron chi connectivity index (χ1n) is 13.2. The monoisotopic (exact) mass is 602 g/mol. The molecule has 2 N–H and O–H groups in total. The van der Waals surface area contributed by atoms with Gasteiger partial charge in [0.1, 0.15) is 23.2 Å². The molecule has 1 saturated heterocycles. The molecule has 12 heteroatoms. The summed E-state index contributed by atoms with van der Waals surface area (Å²) < 4.78 is 46.0. The summed E-state index contributed by atoms with van der Waals surface area (Å²) in [6.07, 6.45) is 0. The number of nitrogens with one attached hydrogen (secondary N) is 2. The summed E-state index contributed by atoms with van der Waals surface area (Å²) >= 11 is 6.09. The molecule has 0 spiro atoms. The fourth-order valence-electron chi connectivity index (χ4n) is 4.66. The normalized spacial score (nSPS) is 17.0. The first-order valence-corrected chi connectivity index (χ1v) is 13.6. The number of rotatable bonds is 9. The maximum atomic E-state index is 13.8. The van der Waals surface area contributed by atoms with Crippen molar-refractivity contribution < 1.29 is 32.3 Å². The molecule has 222 valence electrons.